The molecule has 1 unspecified atom stereocenters. The summed E-state index contributed by atoms with van der Waals surface area (Å²) in [6.45, 7) is 4.71. The normalized spacial score (nSPS) is 15.8. The highest BCUT2D eigenvalue weighted by Crippen LogP contribution is 2.45. The van der Waals surface area contributed by atoms with Crippen molar-refractivity contribution in [2.75, 3.05) is 20.3 Å². The van der Waals surface area contributed by atoms with Crippen molar-refractivity contribution in [1.82, 2.24) is 15.1 Å². The van der Waals surface area contributed by atoms with Gasteiger partial charge in [0, 0.05) is 29.8 Å². The van der Waals surface area contributed by atoms with E-state index in [1.807, 2.05) is 44.2 Å². The maximum atomic E-state index is 13.1. The third-order valence-corrected chi connectivity index (χ3v) is 5.53. The van der Waals surface area contributed by atoms with Crippen molar-refractivity contribution in [2.45, 2.75) is 19.9 Å². The van der Waals surface area contributed by atoms with E-state index in [1.165, 1.54) is 0 Å². The van der Waals surface area contributed by atoms with Crippen molar-refractivity contribution in [2.24, 2.45) is 0 Å². The quantitative estimate of drug-likeness (QED) is 0.658. The third kappa shape index (κ3) is 3.28. The molecule has 1 atom stereocenters. The number of nitrogens with zero attached hydrogens (tertiary/aromatic N) is 2. The zero-order valence-corrected chi connectivity index (χ0v) is 17.2. The van der Waals surface area contributed by atoms with Crippen LogP contribution in [-0.4, -0.2) is 46.4 Å². The number of rotatable bonds is 5. The molecule has 29 heavy (non-hydrogen) atoms. The molecule has 2 heterocycles. The van der Waals surface area contributed by atoms with Crippen LogP contribution in [0.2, 0.25) is 5.02 Å². The number of methoxy groups -OCH3 is 1. The van der Waals surface area contributed by atoms with Crippen molar-refractivity contribution in [3.05, 3.63) is 69.4 Å². The average molecular weight is 412 g/mol. The van der Waals surface area contributed by atoms with Gasteiger partial charge in [-0.05, 0) is 48.7 Å². The molecule has 1 amide bonds. The maximum Gasteiger partial charge on any atom is 0.273 e. The summed E-state index contributed by atoms with van der Waals surface area (Å²) in [4.78, 5) is 14.9. The van der Waals surface area contributed by atoms with Crippen LogP contribution in [0.15, 0.2) is 36.4 Å². The number of phenolic OH excluding ortho intramolecular Hbond substituents is 1. The smallest absolute Gasteiger partial charge is 0.273 e. The van der Waals surface area contributed by atoms with Gasteiger partial charge < -0.3 is 14.7 Å². The molecular formula is C22H22ClN3O3. The van der Waals surface area contributed by atoms with Crippen molar-refractivity contribution >= 4 is 17.5 Å². The fourth-order valence-corrected chi connectivity index (χ4v) is 4.18. The molecule has 1 aliphatic heterocycles. The minimum atomic E-state index is -0.348. The van der Waals surface area contributed by atoms with Gasteiger partial charge in [0.05, 0.1) is 12.6 Å². The number of halogens is 1. The number of hydrogen-bond acceptors (Lipinski definition) is 4. The molecule has 1 aliphatic rings. The van der Waals surface area contributed by atoms with E-state index in [2.05, 4.69) is 10.2 Å². The van der Waals surface area contributed by atoms with Crippen LogP contribution < -0.4 is 0 Å². The second-order valence-electron chi connectivity index (χ2n) is 7.28. The number of aryl methyl sites for hydroxylation is 2. The Morgan fingerprint density at radius 1 is 1.24 bits per heavy atom. The number of aromatic amines is 1. The van der Waals surface area contributed by atoms with Gasteiger partial charge in [0.2, 0.25) is 0 Å². The van der Waals surface area contributed by atoms with Crippen LogP contribution >= 0.6 is 11.6 Å². The van der Waals surface area contributed by atoms with E-state index >= 15 is 0 Å². The number of H-pyrrole nitrogens is 1. The Bertz CT molecular complexity index is 1050. The van der Waals surface area contributed by atoms with Crippen LogP contribution in [0.25, 0.3) is 11.3 Å². The van der Waals surface area contributed by atoms with Crippen LogP contribution in [0.1, 0.15) is 38.8 Å². The Morgan fingerprint density at radius 2 is 1.97 bits per heavy atom. The lowest BCUT2D eigenvalue weighted by Gasteiger charge is -2.26. The molecule has 2 N–H and O–H groups in total. The first kappa shape index (κ1) is 19.5. The SMILES string of the molecule is COCCN1C(=O)c2[nH]nc(-c3c(C)cc(C)cc3O)c2C1c1ccc(Cl)cc1. The predicted octanol–water partition coefficient (Wildman–Crippen LogP) is 4.24. The summed E-state index contributed by atoms with van der Waals surface area (Å²) >= 11 is 6.08. The molecule has 1 aromatic heterocycles. The van der Waals surface area contributed by atoms with E-state index in [-0.39, 0.29) is 17.7 Å². The first-order valence-corrected chi connectivity index (χ1v) is 9.74. The molecule has 0 saturated heterocycles. The number of ether oxygens (including phenoxy) is 1. The molecule has 7 heteroatoms. The lowest BCUT2D eigenvalue weighted by atomic mass is 9.93. The van der Waals surface area contributed by atoms with Crippen molar-refractivity contribution < 1.29 is 14.6 Å². The molecule has 0 spiro atoms. The Morgan fingerprint density at radius 3 is 2.62 bits per heavy atom. The van der Waals surface area contributed by atoms with Gasteiger partial charge in [-0.15, -0.1) is 0 Å². The van der Waals surface area contributed by atoms with Gasteiger partial charge in [-0.25, -0.2) is 0 Å². The highest BCUT2D eigenvalue weighted by Gasteiger charge is 2.42. The summed E-state index contributed by atoms with van der Waals surface area (Å²) in [5.74, 6) is 0.00875. The lowest BCUT2D eigenvalue weighted by molar-refractivity contribution is 0.0677. The van der Waals surface area contributed by atoms with Gasteiger partial charge in [-0.1, -0.05) is 29.8 Å². The molecule has 0 aliphatic carbocycles. The fourth-order valence-electron chi connectivity index (χ4n) is 4.05. The Labute approximate surface area is 174 Å². The van der Waals surface area contributed by atoms with E-state index < -0.39 is 0 Å². The van der Waals surface area contributed by atoms with Gasteiger partial charge >= 0.3 is 0 Å². The minimum Gasteiger partial charge on any atom is -0.507 e. The van der Waals surface area contributed by atoms with E-state index in [9.17, 15) is 9.90 Å². The molecule has 0 bridgehead atoms. The van der Waals surface area contributed by atoms with E-state index in [0.29, 0.717) is 35.1 Å². The summed E-state index contributed by atoms with van der Waals surface area (Å²) < 4.78 is 5.22. The van der Waals surface area contributed by atoms with Gasteiger partial charge in [0.1, 0.15) is 17.1 Å². The summed E-state index contributed by atoms with van der Waals surface area (Å²) in [6.07, 6.45) is 0. The minimum absolute atomic E-state index is 0.139. The Hall–Kier alpha value is -2.83. The highest BCUT2D eigenvalue weighted by molar-refractivity contribution is 6.30. The number of hydrogen-bond donors (Lipinski definition) is 2. The summed E-state index contributed by atoms with van der Waals surface area (Å²) in [5, 5.41) is 18.6. The predicted molar refractivity (Wildman–Crippen MR) is 111 cm³/mol. The van der Waals surface area contributed by atoms with Crippen LogP contribution in [-0.2, 0) is 4.74 Å². The summed E-state index contributed by atoms with van der Waals surface area (Å²) in [7, 11) is 1.61. The van der Waals surface area contributed by atoms with Crippen LogP contribution in [0, 0.1) is 13.8 Å². The van der Waals surface area contributed by atoms with E-state index in [4.69, 9.17) is 16.3 Å². The molecule has 6 nitrogen and oxygen atoms in total. The first-order valence-electron chi connectivity index (χ1n) is 9.36. The number of amides is 1. The van der Waals surface area contributed by atoms with E-state index in [0.717, 1.165) is 22.3 Å². The van der Waals surface area contributed by atoms with Crippen LogP contribution in [0.4, 0.5) is 0 Å². The Balaban J connectivity index is 1.91. The third-order valence-electron chi connectivity index (χ3n) is 5.28. The zero-order chi connectivity index (χ0) is 20.7. The zero-order valence-electron chi connectivity index (χ0n) is 16.5. The van der Waals surface area contributed by atoms with Gasteiger partial charge in [-0.3, -0.25) is 9.89 Å². The Kier molecular flexibility index (Phi) is 5.06. The fraction of sp³-hybridized carbons (Fsp3) is 0.273. The van der Waals surface area contributed by atoms with Crippen LogP contribution in [0.3, 0.4) is 0 Å². The number of benzene rings is 2. The molecule has 4 rings (SSSR count). The standard InChI is InChI=1S/C22H22ClN3O3/c1-12-10-13(2)17(16(27)11-12)19-18-20(25-24-19)22(28)26(8-9-29-3)21(18)14-4-6-15(23)7-5-14/h4-7,10-11,21,27H,8-9H2,1-3H3,(H,24,25). The molecule has 0 radical (unpaired) electrons. The van der Waals surface area contributed by atoms with Crippen molar-refractivity contribution in [3.63, 3.8) is 0 Å². The number of aromatic hydroxyl groups is 1. The molecular weight excluding hydrogens is 390 g/mol. The molecule has 3 aromatic rings. The molecule has 0 saturated carbocycles. The first-order chi connectivity index (χ1) is 13.9. The average Bonchev–Trinajstić information content (AvgIpc) is 3.20. The highest BCUT2D eigenvalue weighted by atomic mass is 35.5. The van der Waals surface area contributed by atoms with E-state index in [1.54, 1.807) is 18.1 Å². The van der Waals surface area contributed by atoms with Crippen LogP contribution in [0.5, 0.6) is 5.75 Å². The van der Waals surface area contributed by atoms with Crippen molar-refractivity contribution in [3.8, 4) is 17.0 Å². The second-order valence-corrected chi connectivity index (χ2v) is 7.72. The van der Waals surface area contributed by atoms with Crippen molar-refractivity contribution in [1.29, 1.82) is 0 Å². The second kappa shape index (κ2) is 7.54. The van der Waals surface area contributed by atoms with Gasteiger partial charge in [0.25, 0.3) is 5.91 Å². The monoisotopic (exact) mass is 411 g/mol. The van der Waals surface area contributed by atoms with Gasteiger partial charge in [0.15, 0.2) is 0 Å². The topological polar surface area (TPSA) is 78.5 Å². The maximum absolute atomic E-state index is 13.1. The molecule has 2 aromatic carbocycles. The lowest BCUT2D eigenvalue weighted by Crippen LogP contribution is -2.32. The number of nitrogens with one attached hydrogen (secondary N) is 1. The number of fused-ring (bicyclic) bond motifs is 1. The number of aromatic nitrogens is 2. The number of carbonyl (C=O) groups is 1. The largest absolute Gasteiger partial charge is 0.507 e. The summed E-state index contributed by atoms with van der Waals surface area (Å²) in [6, 6.07) is 10.8. The van der Waals surface area contributed by atoms with Gasteiger partial charge in [-0.2, -0.15) is 5.10 Å². The molecule has 150 valence electrons. The molecule has 0 fully saturated rings. The number of carbonyl (C=O) groups excluding carboxylic acids is 1. The number of phenols is 1. The summed E-state index contributed by atoms with van der Waals surface area (Å²) in [5.41, 5.74) is 5.20.